The molecule has 0 atom stereocenters. The first-order valence-electron chi connectivity index (χ1n) is 8.76. The van der Waals surface area contributed by atoms with Crippen molar-refractivity contribution >= 4 is 39.5 Å². The van der Waals surface area contributed by atoms with E-state index in [4.69, 9.17) is 9.47 Å². The fraction of sp³-hybridized carbons (Fsp3) is 0.190. The lowest BCUT2D eigenvalue weighted by atomic mass is 10.2. The van der Waals surface area contributed by atoms with Gasteiger partial charge in [-0.25, -0.2) is 9.78 Å². The minimum Gasteiger partial charge on any atom is -0.504 e. The molecule has 0 unspecified atom stereocenters. The van der Waals surface area contributed by atoms with Crippen molar-refractivity contribution < 1.29 is 24.2 Å². The topological polar surface area (TPSA) is 89.0 Å². The number of methoxy groups -OCH3 is 1. The van der Waals surface area contributed by atoms with Crippen LogP contribution in [0.25, 0.3) is 16.3 Å². The van der Waals surface area contributed by atoms with Gasteiger partial charge in [0, 0.05) is 13.1 Å². The first-order valence-corrected chi connectivity index (χ1v) is 9.58. The average Bonchev–Trinajstić information content (AvgIpc) is 3.13. The third-order valence-corrected chi connectivity index (χ3v) is 5.11. The predicted octanol–water partition coefficient (Wildman–Crippen LogP) is 3.23. The van der Waals surface area contributed by atoms with Gasteiger partial charge in [0.15, 0.2) is 18.1 Å². The summed E-state index contributed by atoms with van der Waals surface area (Å²) in [5, 5.41) is 10.4. The summed E-state index contributed by atoms with van der Waals surface area (Å²) < 4.78 is 11.1. The van der Waals surface area contributed by atoms with E-state index in [0.717, 1.165) is 15.2 Å². The van der Waals surface area contributed by atoms with Gasteiger partial charge in [0.1, 0.15) is 5.01 Å². The Hall–Kier alpha value is -3.39. The largest absolute Gasteiger partial charge is 0.504 e. The van der Waals surface area contributed by atoms with Crippen molar-refractivity contribution in [3.8, 4) is 11.5 Å². The molecule has 3 aromatic rings. The number of para-hydroxylation sites is 1. The molecule has 7 nitrogen and oxygen atoms in total. The van der Waals surface area contributed by atoms with E-state index in [1.54, 1.807) is 19.2 Å². The third kappa shape index (κ3) is 5.32. The summed E-state index contributed by atoms with van der Waals surface area (Å²) in [7, 11) is 3.08. The number of likely N-dealkylation sites (N-methyl/N-ethyl adjacent to an activating group) is 1. The van der Waals surface area contributed by atoms with E-state index >= 15 is 0 Å². The fourth-order valence-electron chi connectivity index (χ4n) is 2.53. The molecular weight excluding hydrogens is 392 g/mol. The predicted molar refractivity (Wildman–Crippen MR) is 111 cm³/mol. The Balaban J connectivity index is 1.50. The van der Waals surface area contributed by atoms with Gasteiger partial charge in [-0.05, 0) is 35.9 Å². The van der Waals surface area contributed by atoms with Crippen molar-refractivity contribution in [3.63, 3.8) is 0 Å². The Morgan fingerprint density at radius 2 is 2.03 bits per heavy atom. The van der Waals surface area contributed by atoms with Crippen molar-refractivity contribution in [2.45, 2.75) is 6.54 Å². The molecule has 29 heavy (non-hydrogen) atoms. The number of hydrogen-bond donors (Lipinski definition) is 1. The van der Waals surface area contributed by atoms with Crippen molar-refractivity contribution in [2.24, 2.45) is 0 Å². The Bertz CT molecular complexity index is 1030. The van der Waals surface area contributed by atoms with Crippen molar-refractivity contribution in [2.75, 3.05) is 20.8 Å². The molecule has 0 saturated heterocycles. The van der Waals surface area contributed by atoms with Gasteiger partial charge in [-0.15, -0.1) is 11.3 Å². The smallest absolute Gasteiger partial charge is 0.331 e. The molecular formula is C21H20N2O5S. The minimum absolute atomic E-state index is 0.00832. The van der Waals surface area contributed by atoms with Gasteiger partial charge in [0.2, 0.25) is 0 Å². The molecule has 0 bridgehead atoms. The van der Waals surface area contributed by atoms with Crippen LogP contribution in [0.4, 0.5) is 0 Å². The highest BCUT2D eigenvalue weighted by atomic mass is 32.1. The first kappa shape index (κ1) is 20.3. The Morgan fingerprint density at radius 3 is 2.79 bits per heavy atom. The van der Waals surface area contributed by atoms with Crippen molar-refractivity contribution in [1.82, 2.24) is 9.88 Å². The SMILES string of the molecule is COc1cc(/C=C/C(=O)OCC(=O)N(C)Cc2nc3ccccc3s2)ccc1O. The van der Waals surface area contributed by atoms with E-state index in [9.17, 15) is 14.7 Å². The fourth-order valence-corrected chi connectivity index (χ4v) is 3.55. The summed E-state index contributed by atoms with van der Waals surface area (Å²) in [5.74, 6) is -0.655. The minimum atomic E-state index is -0.640. The number of thiazole rings is 1. The summed E-state index contributed by atoms with van der Waals surface area (Å²) in [6.07, 6.45) is 2.73. The molecule has 0 radical (unpaired) electrons. The van der Waals surface area contributed by atoms with E-state index in [2.05, 4.69) is 4.98 Å². The quantitative estimate of drug-likeness (QED) is 0.473. The first-order chi connectivity index (χ1) is 14.0. The van der Waals surface area contributed by atoms with Crippen LogP contribution in [0, 0.1) is 0 Å². The van der Waals surface area contributed by atoms with E-state index in [1.807, 2.05) is 24.3 Å². The number of esters is 1. The summed E-state index contributed by atoms with van der Waals surface area (Å²) in [6.45, 7) is -0.0116. The van der Waals surface area contributed by atoms with Gasteiger partial charge < -0.3 is 19.5 Å². The number of aromatic nitrogens is 1. The van der Waals surface area contributed by atoms with Crippen LogP contribution in [0.3, 0.4) is 0 Å². The molecule has 8 heteroatoms. The highest BCUT2D eigenvalue weighted by Gasteiger charge is 2.14. The summed E-state index contributed by atoms with van der Waals surface area (Å²) in [4.78, 5) is 30.1. The summed E-state index contributed by atoms with van der Waals surface area (Å²) in [5.41, 5.74) is 1.55. The number of amides is 1. The van der Waals surface area contributed by atoms with Crippen LogP contribution in [0.1, 0.15) is 10.6 Å². The third-order valence-electron chi connectivity index (χ3n) is 4.09. The zero-order valence-corrected chi connectivity index (χ0v) is 16.8. The molecule has 1 aromatic heterocycles. The maximum absolute atomic E-state index is 12.2. The summed E-state index contributed by atoms with van der Waals surface area (Å²) in [6, 6.07) is 12.4. The van der Waals surface area contributed by atoms with Gasteiger partial charge in [-0.3, -0.25) is 4.79 Å². The molecule has 0 saturated carbocycles. The maximum atomic E-state index is 12.2. The lowest BCUT2D eigenvalue weighted by Gasteiger charge is -2.15. The molecule has 0 spiro atoms. The van der Waals surface area contributed by atoms with Crippen LogP contribution in [-0.2, 0) is 20.9 Å². The van der Waals surface area contributed by atoms with Crippen LogP contribution in [-0.4, -0.2) is 47.6 Å². The number of carbonyl (C=O) groups is 2. The number of nitrogens with zero attached hydrogens (tertiary/aromatic N) is 2. The van der Waals surface area contributed by atoms with E-state index < -0.39 is 5.97 Å². The number of phenolic OH excluding ortho intramolecular Hbond substituents is 1. The van der Waals surface area contributed by atoms with Crippen molar-refractivity contribution in [1.29, 1.82) is 0 Å². The second kappa shape index (κ2) is 9.20. The highest BCUT2D eigenvalue weighted by Crippen LogP contribution is 2.26. The number of carbonyl (C=O) groups excluding carboxylic acids is 2. The van der Waals surface area contributed by atoms with E-state index in [1.165, 1.54) is 41.6 Å². The number of phenols is 1. The standard InChI is InChI=1S/C21H20N2O5S/c1-23(12-19-22-15-5-3-4-6-18(15)29-19)20(25)13-28-21(26)10-8-14-7-9-16(24)17(11-14)27-2/h3-11,24H,12-13H2,1-2H3/b10-8+. The van der Waals surface area contributed by atoms with E-state index in [0.29, 0.717) is 17.9 Å². The molecule has 0 aliphatic carbocycles. The van der Waals surface area contributed by atoms with Crippen LogP contribution in [0.5, 0.6) is 11.5 Å². The highest BCUT2D eigenvalue weighted by molar-refractivity contribution is 7.18. The second-order valence-corrected chi connectivity index (χ2v) is 7.31. The number of ether oxygens (including phenoxy) is 2. The molecule has 2 aromatic carbocycles. The lowest BCUT2D eigenvalue weighted by Crippen LogP contribution is -2.30. The Morgan fingerprint density at radius 1 is 1.24 bits per heavy atom. The number of benzene rings is 2. The molecule has 3 rings (SSSR count). The average molecular weight is 412 g/mol. The van der Waals surface area contributed by atoms with Gasteiger partial charge >= 0.3 is 5.97 Å². The molecule has 1 amide bonds. The number of aromatic hydroxyl groups is 1. The molecule has 0 aliphatic rings. The van der Waals surface area contributed by atoms with Crippen LogP contribution in [0.2, 0.25) is 0 Å². The second-order valence-electron chi connectivity index (χ2n) is 6.20. The Kier molecular flexibility index (Phi) is 6.46. The van der Waals surface area contributed by atoms with Crippen LogP contribution >= 0.6 is 11.3 Å². The van der Waals surface area contributed by atoms with Crippen LogP contribution < -0.4 is 4.74 Å². The summed E-state index contributed by atoms with van der Waals surface area (Å²) >= 11 is 1.53. The number of fused-ring (bicyclic) bond motifs is 1. The Labute approximate surface area is 171 Å². The molecule has 0 fully saturated rings. The zero-order chi connectivity index (χ0) is 20.8. The van der Waals surface area contributed by atoms with Gasteiger partial charge in [0.05, 0.1) is 23.9 Å². The van der Waals surface area contributed by atoms with Gasteiger partial charge in [-0.1, -0.05) is 18.2 Å². The van der Waals surface area contributed by atoms with Gasteiger partial charge in [0.25, 0.3) is 5.91 Å². The number of hydrogen-bond acceptors (Lipinski definition) is 7. The molecule has 150 valence electrons. The lowest BCUT2D eigenvalue weighted by molar-refractivity contribution is -0.147. The normalized spacial score (nSPS) is 11.0. The van der Waals surface area contributed by atoms with E-state index in [-0.39, 0.29) is 18.3 Å². The monoisotopic (exact) mass is 412 g/mol. The number of rotatable bonds is 7. The maximum Gasteiger partial charge on any atom is 0.331 e. The molecule has 1 heterocycles. The van der Waals surface area contributed by atoms with Crippen LogP contribution in [0.15, 0.2) is 48.5 Å². The van der Waals surface area contributed by atoms with Crippen molar-refractivity contribution in [3.05, 3.63) is 59.1 Å². The zero-order valence-electron chi connectivity index (χ0n) is 16.0. The molecule has 0 aliphatic heterocycles. The molecule has 1 N–H and O–H groups in total. The van der Waals surface area contributed by atoms with Gasteiger partial charge in [-0.2, -0.15) is 0 Å².